The van der Waals surface area contributed by atoms with E-state index in [1.807, 2.05) is 0 Å². The Labute approximate surface area is 182 Å². The van der Waals surface area contributed by atoms with E-state index < -0.39 is 11.9 Å². The van der Waals surface area contributed by atoms with Gasteiger partial charge in [-0.05, 0) is 43.0 Å². The lowest BCUT2D eigenvalue weighted by Crippen LogP contribution is -2.07. The molecule has 0 spiro atoms. The molecule has 32 heavy (non-hydrogen) atoms. The van der Waals surface area contributed by atoms with Crippen molar-refractivity contribution in [3.63, 3.8) is 0 Å². The van der Waals surface area contributed by atoms with E-state index in [0.717, 1.165) is 18.7 Å². The summed E-state index contributed by atoms with van der Waals surface area (Å²) in [4.78, 5) is 25.3. The minimum Gasteiger partial charge on any atom is -0.478 e. The molecule has 1 fully saturated rings. The van der Waals surface area contributed by atoms with Gasteiger partial charge in [0, 0.05) is 41.6 Å². The molecule has 1 saturated carbocycles. The molecule has 1 aliphatic rings. The van der Waals surface area contributed by atoms with Crippen LogP contribution in [0.5, 0.6) is 0 Å². The van der Waals surface area contributed by atoms with Gasteiger partial charge in [0.1, 0.15) is 11.3 Å². The molecule has 0 bridgehead atoms. The van der Waals surface area contributed by atoms with Gasteiger partial charge < -0.3 is 10.4 Å². The van der Waals surface area contributed by atoms with Crippen LogP contribution in [0.3, 0.4) is 0 Å². The normalized spacial score (nSPS) is 14.1. The van der Waals surface area contributed by atoms with Crippen molar-refractivity contribution in [1.29, 1.82) is 0 Å². The fourth-order valence-corrected chi connectivity index (χ4v) is 3.73. The van der Waals surface area contributed by atoms with Crippen LogP contribution < -0.4 is 5.32 Å². The molecule has 162 valence electrons. The molecule has 5 rings (SSSR count). The number of halogens is 2. The predicted octanol–water partition coefficient (Wildman–Crippen LogP) is 5.68. The van der Waals surface area contributed by atoms with Gasteiger partial charge in [-0.15, -0.1) is 0 Å². The summed E-state index contributed by atoms with van der Waals surface area (Å²) in [6.45, 7) is 0.848. The first-order valence-electron chi connectivity index (χ1n) is 10.4. The van der Waals surface area contributed by atoms with Crippen LogP contribution in [0.2, 0.25) is 0 Å². The number of hydrogen-bond acceptors (Lipinski definition) is 5. The van der Waals surface area contributed by atoms with E-state index in [4.69, 9.17) is 4.98 Å². The summed E-state index contributed by atoms with van der Waals surface area (Å²) in [6, 6.07) is 10.7. The molecule has 0 saturated heterocycles. The summed E-state index contributed by atoms with van der Waals surface area (Å²) < 4.78 is 27.6. The van der Waals surface area contributed by atoms with Crippen LogP contribution in [0.25, 0.3) is 21.8 Å². The minimum absolute atomic E-state index is 0.106. The fraction of sp³-hybridized carbons (Fsp3) is 0.250. The zero-order chi connectivity index (χ0) is 22.5. The zero-order valence-electron chi connectivity index (χ0n) is 17.3. The molecule has 2 N–H and O–H groups in total. The molecule has 0 amide bonds. The highest BCUT2D eigenvalue weighted by atomic mass is 19.3. The smallest absolute Gasteiger partial charge is 0.335 e. The van der Waals surface area contributed by atoms with E-state index in [0.29, 0.717) is 39.7 Å². The molecular formula is C24H20F2N4O2. The molecule has 0 radical (unpaired) electrons. The van der Waals surface area contributed by atoms with E-state index in [1.165, 1.54) is 37.1 Å². The third-order valence-corrected chi connectivity index (χ3v) is 5.63. The number of benzene rings is 2. The quantitative estimate of drug-likeness (QED) is 0.380. The third-order valence-electron chi connectivity index (χ3n) is 5.63. The summed E-state index contributed by atoms with van der Waals surface area (Å²) in [5.74, 6) is -2.37. The standard InChI is InChI=1S/C24H20F2N4O2/c1-24(25,26)15-3-2-4-16(11-15)28-22-21-18(12-27-20(30-21)9-13-5-6-13)17-8-7-14(23(31)32)10-19(17)29-22/h2-4,7-8,10-13H,5-6,9H2,1H3,(H,28,29)(H,31,32). The highest BCUT2D eigenvalue weighted by molar-refractivity contribution is 6.09. The summed E-state index contributed by atoms with van der Waals surface area (Å²) >= 11 is 0. The van der Waals surface area contributed by atoms with Gasteiger partial charge in [0.25, 0.3) is 5.92 Å². The number of nitrogens with zero attached hydrogens (tertiary/aromatic N) is 3. The number of alkyl halides is 2. The van der Waals surface area contributed by atoms with E-state index in [9.17, 15) is 18.7 Å². The summed E-state index contributed by atoms with van der Waals surface area (Å²) in [5.41, 5.74) is 1.45. The van der Waals surface area contributed by atoms with Gasteiger partial charge in [0.15, 0.2) is 5.82 Å². The molecule has 8 heteroatoms. The molecule has 2 aromatic heterocycles. The zero-order valence-corrected chi connectivity index (χ0v) is 17.3. The number of carbonyl (C=O) groups is 1. The van der Waals surface area contributed by atoms with E-state index in [1.54, 1.807) is 24.4 Å². The van der Waals surface area contributed by atoms with Crippen molar-refractivity contribution in [3.8, 4) is 0 Å². The number of anilines is 2. The highest BCUT2D eigenvalue weighted by Crippen LogP contribution is 2.35. The van der Waals surface area contributed by atoms with Gasteiger partial charge in [-0.1, -0.05) is 18.2 Å². The van der Waals surface area contributed by atoms with Crippen LogP contribution >= 0.6 is 0 Å². The van der Waals surface area contributed by atoms with Crippen LogP contribution in [-0.4, -0.2) is 26.0 Å². The lowest BCUT2D eigenvalue weighted by Gasteiger charge is -2.15. The van der Waals surface area contributed by atoms with Gasteiger partial charge in [0.2, 0.25) is 0 Å². The lowest BCUT2D eigenvalue weighted by atomic mass is 10.1. The molecule has 0 atom stereocenters. The first-order chi connectivity index (χ1) is 15.3. The van der Waals surface area contributed by atoms with Crippen LogP contribution in [0.4, 0.5) is 20.3 Å². The summed E-state index contributed by atoms with van der Waals surface area (Å²) in [5, 5.41) is 13.9. The number of hydrogen-bond donors (Lipinski definition) is 2. The Morgan fingerprint density at radius 2 is 1.97 bits per heavy atom. The number of aromatic carboxylic acids is 1. The van der Waals surface area contributed by atoms with Gasteiger partial charge >= 0.3 is 5.97 Å². The second kappa shape index (κ2) is 7.47. The Morgan fingerprint density at radius 1 is 1.16 bits per heavy atom. The second-order valence-corrected chi connectivity index (χ2v) is 8.29. The number of carboxylic acid groups (broad SMARTS) is 1. The second-order valence-electron chi connectivity index (χ2n) is 8.29. The van der Waals surface area contributed by atoms with Crippen molar-refractivity contribution in [2.45, 2.75) is 32.1 Å². The van der Waals surface area contributed by atoms with Crippen molar-refractivity contribution in [2.24, 2.45) is 5.92 Å². The van der Waals surface area contributed by atoms with Crippen LogP contribution in [0.1, 0.15) is 41.5 Å². The number of fused-ring (bicyclic) bond motifs is 3. The Bertz CT molecular complexity index is 1360. The first kappa shape index (κ1) is 20.2. The molecule has 0 unspecified atom stereocenters. The van der Waals surface area contributed by atoms with Crippen molar-refractivity contribution in [2.75, 3.05) is 5.32 Å². The van der Waals surface area contributed by atoms with Crippen LogP contribution in [-0.2, 0) is 12.3 Å². The van der Waals surface area contributed by atoms with Gasteiger partial charge in [-0.2, -0.15) is 0 Å². The van der Waals surface area contributed by atoms with E-state index >= 15 is 0 Å². The SMILES string of the molecule is CC(F)(F)c1cccc(Nc2nc3cc(C(=O)O)ccc3c3cnc(CC4CC4)nc23)c1. The summed E-state index contributed by atoms with van der Waals surface area (Å²) in [7, 11) is 0. The molecule has 0 aliphatic heterocycles. The van der Waals surface area contributed by atoms with Gasteiger partial charge in [-0.3, -0.25) is 0 Å². The Morgan fingerprint density at radius 3 is 2.69 bits per heavy atom. The van der Waals surface area contributed by atoms with Gasteiger partial charge in [-0.25, -0.2) is 28.5 Å². The first-order valence-corrected chi connectivity index (χ1v) is 10.4. The van der Waals surface area contributed by atoms with Gasteiger partial charge in [0.05, 0.1) is 11.1 Å². The largest absolute Gasteiger partial charge is 0.478 e. The Kier molecular flexibility index (Phi) is 4.73. The number of carboxylic acids is 1. The van der Waals surface area contributed by atoms with E-state index in [-0.39, 0.29) is 11.1 Å². The molecule has 2 heterocycles. The minimum atomic E-state index is -2.98. The van der Waals surface area contributed by atoms with Crippen molar-refractivity contribution >= 4 is 39.3 Å². The molecule has 1 aliphatic carbocycles. The molecule has 4 aromatic rings. The topological polar surface area (TPSA) is 88.0 Å². The maximum Gasteiger partial charge on any atom is 0.335 e. The number of aromatic nitrogens is 3. The molecule has 2 aromatic carbocycles. The number of rotatable bonds is 6. The van der Waals surface area contributed by atoms with Crippen molar-refractivity contribution < 1.29 is 18.7 Å². The predicted molar refractivity (Wildman–Crippen MR) is 118 cm³/mol. The highest BCUT2D eigenvalue weighted by Gasteiger charge is 2.25. The maximum absolute atomic E-state index is 13.8. The molecular weight excluding hydrogens is 414 g/mol. The average molecular weight is 434 g/mol. The summed E-state index contributed by atoms with van der Waals surface area (Å²) in [6.07, 6.45) is 4.84. The Balaban J connectivity index is 1.67. The monoisotopic (exact) mass is 434 g/mol. The van der Waals surface area contributed by atoms with Crippen molar-refractivity contribution in [1.82, 2.24) is 15.0 Å². The van der Waals surface area contributed by atoms with Crippen molar-refractivity contribution in [3.05, 3.63) is 65.6 Å². The number of pyridine rings is 1. The lowest BCUT2D eigenvalue weighted by molar-refractivity contribution is 0.0175. The number of nitrogens with one attached hydrogen (secondary N) is 1. The average Bonchev–Trinajstić information content (AvgIpc) is 3.57. The van der Waals surface area contributed by atoms with Crippen LogP contribution in [0.15, 0.2) is 48.7 Å². The Hall–Kier alpha value is -3.68. The molecule has 6 nitrogen and oxygen atoms in total. The fourth-order valence-electron chi connectivity index (χ4n) is 3.73. The van der Waals surface area contributed by atoms with Crippen LogP contribution in [0, 0.1) is 5.92 Å². The van der Waals surface area contributed by atoms with E-state index in [2.05, 4.69) is 15.3 Å². The third kappa shape index (κ3) is 3.95. The maximum atomic E-state index is 13.8.